The average molecular weight is 486 g/mol. The third-order valence-electron chi connectivity index (χ3n) is 8.80. The normalized spacial score (nSPS) is 34.7. The minimum atomic E-state index is -5.59. The quantitative estimate of drug-likeness (QED) is 0.232. The highest BCUT2D eigenvalue weighted by atomic mass is 19.4. The van der Waals surface area contributed by atoms with E-state index in [0.29, 0.717) is 24.2 Å². The van der Waals surface area contributed by atoms with Gasteiger partial charge in [-0.15, -0.1) is 0 Å². The summed E-state index contributed by atoms with van der Waals surface area (Å²) in [6, 6.07) is 0. The van der Waals surface area contributed by atoms with E-state index in [-0.39, 0.29) is 23.0 Å². The lowest BCUT2D eigenvalue weighted by Crippen LogP contribution is -2.48. The van der Waals surface area contributed by atoms with Crippen LogP contribution in [0.15, 0.2) is 35.6 Å². The zero-order chi connectivity index (χ0) is 24.6. The van der Waals surface area contributed by atoms with Crippen LogP contribution in [0.5, 0.6) is 5.75 Å². The Kier molecular flexibility index (Phi) is 5.27. The molecule has 4 aliphatic carbocycles. The van der Waals surface area contributed by atoms with Gasteiger partial charge >= 0.3 is 6.18 Å². The Balaban J connectivity index is 1.46. The van der Waals surface area contributed by atoms with Crippen molar-refractivity contribution in [1.82, 2.24) is 0 Å². The first-order valence-corrected chi connectivity index (χ1v) is 11.6. The summed E-state index contributed by atoms with van der Waals surface area (Å²) in [6.45, 7) is 4.49. The maximum absolute atomic E-state index is 14.3. The van der Waals surface area contributed by atoms with Gasteiger partial charge in [0, 0.05) is 6.42 Å². The zero-order valence-corrected chi connectivity index (χ0v) is 18.8. The Bertz CT molecular complexity index is 1100. The average Bonchev–Trinajstić information content (AvgIpc) is 3.16. The number of fused-ring (bicyclic) bond motifs is 5. The lowest BCUT2D eigenvalue weighted by atomic mass is 9.49. The van der Waals surface area contributed by atoms with Gasteiger partial charge in [0.25, 0.3) is 0 Å². The molecule has 0 saturated heterocycles. The Labute approximate surface area is 193 Å². The maximum Gasteiger partial charge on any atom is 0.422 e. The van der Waals surface area contributed by atoms with Crippen molar-refractivity contribution < 1.29 is 35.5 Å². The summed E-state index contributed by atoms with van der Waals surface area (Å²) in [5, 5.41) is 0. The van der Waals surface area contributed by atoms with Gasteiger partial charge in [0.2, 0.25) is 17.4 Å². The summed E-state index contributed by atoms with van der Waals surface area (Å²) in [4.78, 5) is 0. The molecule has 184 valence electrons. The minimum Gasteiger partial charge on any atom is -0.455 e. The van der Waals surface area contributed by atoms with Crippen molar-refractivity contribution in [3.8, 4) is 5.75 Å². The maximum atomic E-state index is 14.3. The van der Waals surface area contributed by atoms with Crippen molar-refractivity contribution in [2.24, 2.45) is 28.6 Å². The minimum absolute atomic E-state index is 0.0710. The molecule has 1 aromatic rings. The molecule has 1 nitrogen and oxygen atoms in total. The predicted octanol–water partition coefficient (Wildman–Crippen LogP) is 8.26. The standard InChI is InChI=1S/C26H25F7O/c1-24-9-3-4-16(24)15-6-5-13-12-14(7-11-25(13,2)17(15)8-10-24)34-23-21(29)19(27)18(26(31,32)33)20(28)22(23)30/h3,5,9,12,15-17H,4,6-8,10-11H2,1-2H3/t15-,16-,17-,24-,25-/m0/s1. The Morgan fingerprint density at radius 2 is 1.59 bits per heavy atom. The highest BCUT2D eigenvalue weighted by molar-refractivity contribution is 5.40. The molecule has 1 aromatic carbocycles. The highest BCUT2D eigenvalue weighted by Gasteiger charge is 2.54. The van der Waals surface area contributed by atoms with Gasteiger partial charge in [-0.1, -0.05) is 32.1 Å². The van der Waals surface area contributed by atoms with E-state index in [1.165, 1.54) is 0 Å². The third kappa shape index (κ3) is 3.34. The van der Waals surface area contributed by atoms with Gasteiger partial charge < -0.3 is 4.74 Å². The van der Waals surface area contributed by atoms with E-state index in [2.05, 4.69) is 32.1 Å². The molecule has 0 unspecified atom stereocenters. The summed E-state index contributed by atoms with van der Waals surface area (Å²) in [5.74, 6) is -9.32. The molecule has 0 amide bonds. The number of alkyl halides is 3. The van der Waals surface area contributed by atoms with E-state index in [1.54, 1.807) is 6.08 Å². The van der Waals surface area contributed by atoms with E-state index in [4.69, 9.17) is 4.74 Å². The largest absolute Gasteiger partial charge is 0.455 e. The van der Waals surface area contributed by atoms with Gasteiger partial charge in [-0.3, -0.25) is 0 Å². The van der Waals surface area contributed by atoms with Gasteiger partial charge in [-0.25, -0.2) is 8.78 Å². The zero-order valence-electron chi connectivity index (χ0n) is 18.8. The van der Waals surface area contributed by atoms with Crippen LogP contribution in [0.4, 0.5) is 30.7 Å². The number of rotatable bonds is 2. The van der Waals surface area contributed by atoms with Crippen molar-refractivity contribution in [1.29, 1.82) is 0 Å². The third-order valence-corrected chi connectivity index (χ3v) is 8.80. The molecular formula is C26H25F7O. The number of hydrogen-bond acceptors (Lipinski definition) is 1. The lowest BCUT2D eigenvalue weighted by molar-refractivity contribution is -0.143. The van der Waals surface area contributed by atoms with Crippen LogP contribution in [-0.4, -0.2) is 0 Å². The van der Waals surface area contributed by atoms with Gasteiger partial charge in [0.15, 0.2) is 11.6 Å². The number of hydrogen-bond donors (Lipinski definition) is 0. The SMILES string of the molecule is C[C@@]12C=CC[C@H]1[C@@H]1CC=C3C=C(Oc4c(F)c(F)c(C(F)(F)F)c(F)c4F)CC[C@]3(C)[C@H]1CC2. The van der Waals surface area contributed by atoms with Gasteiger partial charge in [-0.2, -0.15) is 22.0 Å². The fraction of sp³-hybridized carbons (Fsp3) is 0.538. The van der Waals surface area contributed by atoms with Crippen molar-refractivity contribution >= 4 is 0 Å². The van der Waals surface area contributed by atoms with Crippen molar-refractivity contribution in [3.63, 3.8) is 0 Å². The fourth-order valence-electron chi connectivity index (χ4n) is 6.94. The molecule has 1 fully saturated rings. The molecule has 0 radical (unpaired) electrons. The smallest absolute Gasteiger partial charge is 0.422 e. The molecule has 0 bridgehead atoms. The van der Waals surface area contributed by atoms with Gasteiger partial charge in [0.1, 0.15) is 11.3 Å². The molecule has 0 N–H and O–H groups in total. The second-order valence-corrected chi connectivity index (χ2v) is 10.5. The predicted molar refractivity (Wildman–Crippen MR) is 112 cm³/mol. The number of ether oxygens (including phenoxy) is 1. The van der Waals surface area contributed by atoms with Crippen LogP contribution >= 0.6 is 0 Å². The van der Waals surface area contributed by atoms with Crippen molar-refractivity contribution in [3.05, 3.63) is 64.5 Å². The molecular weight excluding hydrogens is 461 g/mol. The van der Waals surface area contributed by atoms with Crippen LogP contribution in [0.3, 0.4) is 0 Å². The van der Waals surface area contributed by atoms with Crippen LogP contribution in [0.25, 0.3) is 0 Å². The number of benzene rings is 1. The first-order valence-electron chi connectivity index (χ1n) is 11.6. The van der Waals surface area contributed by atoms with Crippen molar-refractivity contribution in [2.45, 2.75) is 58.5 Å². The number of halogens is 7. The molecule has 0 heterocycles. The molecule has 0 aliphatic heterocycles. The topological polar surface area (TPSA) is 9.23 Å². The van der Waals surface area contributed by atoms with Crippen molar-refractivity contribution in [2.75, 3.05) is 0 Å². The Morgan fingerprint density at radius 1 is 0.912 bits per heavy atom. The Morgan fingerprint density at radius 3 is 2.24 bits per heavy atom. The number of allylic oxidation sites excluding steroid dienone is 6. The Hall–Kier alpha value is -2.25. The summed E-state index contributed by atoms with van der Waals surface area (Å²) in [7, 11) is 0. The van der Waals surface area contributed by atoms with Crippen LogP contribution in [-0.2, 0) is 6.18 Å². The summed E-state index contributed by atoms with van der Waals surface area (Å²) >= 11 is 0. The lowest BCUT2D eigenvalue weighted by Gasteiger charge is -2.56. The summed E-state index contributed by atoms with van der Waals surface area (Å²) < 4.78 is 100. The molecule has 8 heteroatoms. The second kappa shape index (κ2) is 7.62. The summed E-state index contributed by atoms with van der Waals surface area (Å²) in [6.07, 6.45) is 7.68. The highest BCUT2D eigenvalue weighted by Crippen LogP contribution is 2.63. The van der Waals surface area contributed by atoms with E-state index in [1.807, 2.05) is 0 Å². The first-order chi connectivity index (χ1) is 15.9. The van der Waals surface area contributed by atoms with Crippen LogP contribution < -0.4 is 4.74 Å². The fourth-order valence-corrected chi connectivity index (χ4v) is 6.94. The first kappa shape index (κ1) is 23.5. The molecule has 5 atom stereocenters. The van der Waals surface area contributed by atoms with E-state index < -0.39 is 40.8 Å². The van der Waals surface area contributed by atoms with E-state index in [0.717, 1.165) is 31.3 Å². The molecule has 5 rings (SSSR count). The molecule has 0 aromatic heterocycles. The van der Waals surface area contributed by atoms with Crippen LogP contribution in [0.1, 0.15) is 57.9 Å². The van der Waals surface area contributed by atoms with Crippen LogP contribution in [0, 0.1) is 51.9 Å². The molecule has 34 heavy (non-hydrogen) atoms. The molecule has 0 spiro atoms. The summed E-state index contributed by atoms with van der Waals surface area (Å²) in [5.41, 5.74) is -1.62. The monoisotopic (exact) mass is 486 g/mol. The van der Waals surface area contributed by atoms with Crippen LogP contribution in [0.2, 0.25) is 0 Å². The van der Waals surface area contributed by atoms with E-state index in [9.17, 15) is 30.7 Å². The molecule has 1 saturated carbocycles. The second-order valence-electron chi connectivity index (χ2n) is 10.5. The molecule has 4 aliphatic rings. The van der Waals surface area contributed by atoms with Gasteiger partial charge in [-0.05, 0) is 72.3 Å². The van der Waals surface area contributed by atoms with Gasteiger partial charge in [0.05, 0.1) is 0 Å². The van der Waals surface area contributed by atoms with E-state index >= 15 is 0 Å².